The monoisotopic (exact) mass is 271 g/mol. The molecule has 6 heteroatoms. The minimum Gasteiger partial charge on any atom is -0.262 e. The third-order valence-electron chi connectivity index (χ3n) is 2.69. The molecule has 0 fully saturated rings. The molecule has 0 aliphatic rings. The largest absolute Gasteiger partial charge is 0.262 e. The quantitative estimate of drug-likeness (QED) is 0.739. The second-order valence-electron chi connectivity index (χ2n) is 4.11. The van der Waals surface area contributed by atoms with Crippen molar-refractivity contribution in [2.24, 2.45) is 0 Å². The summed E-state index contributed by atoms with van der Waals surface area (Å²) in [6.07, 6.45) is 3.54. The van der Waals surface area contributed by atoms with E-state index in [4.69, 9.17) is 0 Å². The Hall–Kier alpha value is -1.95. The molecule has 96 valence electrons. The number of H-pyrrole nitrogens is 1. The van der Waals surface area contributed by atoms with Gasteiger partial charge in [0, 0.05) is 11.8 Å². The van der Waals surface area contributed by atoms with Crippen LogP contribution in [0.5, 0.6) is 0 Å². The van der Waals surface area contributed by atoms with Gasteiger partial charge in [-0.1, -0.05) is 25.1 Å². The highest BCUT2D eigenvalue weighted by atomic mass is 32.2. The average molecular weight is 271 g/mol. The summed E-state index contributed by atoms with van der Waals surface area (Å²) in [5.41, 5.74) is 0.935. The zero-order chi connectivity index (χ0) is 13.1. The van der Waals surface area contributed by atoms with E-state index >= 15 is 0 Å². The molecule has 0 saturated carbocycles. The van der Waals surface area contributed by atoms with Gasteiger partial charge in [0.05, 0.1) is 5.52 Å². The lowest BCUT2D eigenvalue weighted by molar-refractivity contribution is 0.840. The third kappa shape index (κ3) is 2.58. The SMILES string of the molecule is CCCc1nc(Sc2ncnc3ccccc23)n[nH]1. The van der Waals surface area contributed by atoms with Crippen molar-refractivity contribution >= 4 is 22.7 Å². The first kappa shape index (κ1) is 12.1. The molecule has 0 saturated heterocycles. The van der Waals surface area contributed by atoms with E-state index in [0.29, 0.717) is 5.16 Å². The molecule has 0 bridgehead atoms. The minimum atomic E-state index is 0.701. The smallest absolute Gasteiger partial charge is 0.214 e. The molecule has 1 aromatic carbocycles. The summed E-state index contributed by atoms with van der Waals surface area (Å²) in [5, 5.41) is 9.76. The second kappa shape index (κ2) is 5.36. The first-order valence-electron chi connectivity index (χ1n) is 6.15. The minimum absolute atomic E-state index is 0.701. The highest BCUT2D eigenvalue weighted by Gasteiger charge is 2.09. The number of rotatable bonds is 4. The van der Waals surface area contributed by atoms with Gasteiger partial charge in [0.25, 0.3) is 0 Å². The van der Waals surface area contributed by atoms with Crippen molar-refractivity contribution in [1.82, 2.24) is 25.1 Å². The van der Waals surface area contributed by atoms with Crippen molar-refractivity contribution in [3.63, 3.8) is 0 Å². The van der Waals surface area contributed by atoms with Gasteiger partial charge in [-0.25, -0.2) is 15.0 Å². The fourth-order valence-electron chi connectivity index (χ4n) is 1.82. The van der Waals surface area contributed by atoms with E-state index in [9.17, 15) is 0 Å². The van der Waals surface area contributed by atoms with Gasteiger partial charge >= 0.3 is 0 Å². The standard InChI is InChI=1S/C13H13N5S/c1-2-5-11-16-13(18-17-11)19-12-9-6-3-4-7-10(9)14-8-15-12/h3-4,6-8H,2,5H2,1H3,(H,16,17,18). The molecule has 19 heavy (non-hydrogen) atoms. The highest BCUT2D eigenvalue weighted by molar-refractivity contribution is 7.99. The fourth-order valence-corrected chi connectivity index (χ4v) is 2.62. The van der Waals surface area contributed by atoms with Crippen LogP contribution in [-0.4, -0.2) is 25.1 Å². The predicted molar refractivity (Wildman–Crippen MR) is 74.0 cm³/mol. The topological polar surface area (TPSA) is 67.3 Å². The van der Waals surface area contributed by atoms with Crippen LogP contribution in [0.2, 0.25) is 0 Å². The molecular formula is C13H13N5S. The molecule has 3 aromatic rings. The zero-order valence-electron chi connectivity index (χ0n) is 10.5. The van der Waals surface area contributed by atoms with E-state index in [1.54, 1.807) is 6.33 Å². The third-order valence-corrected chi connectivity index (χ3v) is 3.58. The molecule has 0 amide bonds. The number of benzene rings is 1. The summed E-state index contributed by atoms with van der Waals surface area (Å²) in [7, 11) is 0. The Balaban J connectivity index is 1.92. The van der Waals surface area contributed by atoms with Crippen LogP contribution in [0.1, 0.15) is 19.2 Å². The van der Waals surface area contributed by atoms with Crippen LogP contribution in [0, 0.1) is 0 Å². The number of nitrogens with one attached hydrogen (secondary N) is 1. The van der Waals surface area contributed by atoms with Crippen LogP contribution in [0.3, 0.4) is 0 Å². The first-order chi connectivity index (χ1) is 9.36. The molecule has 3 rings (SSSR count). The Morgan fingerprint density at radius 2 is 2.11 bits per heavy atom. The molecule has 5 nitrogen and oxygen atoms in total. The zero-order valence-corrected chi connectivity index (χ0v) is 11.3. The van der Waals surface area contributed by atoms with Gasteiger partial charge in [0.1, 0.15) is 17.2 Å². The van der Waals surface area contributed by atoms with Gasteiger partial charge in [-0.05, 0) is 24.2 Å². The van der Waals surface area contributed by atoms with E-state index in [-0.39, 0.29) is 0 Å². The summed E-state index contributed by atoms with van der Waals surface area (Å²) in [4.78, 5) is 13.0. The van der Waals surface area contributed by atoms with Gasteiger partial charge in [0.15, 0.2) is 0 Å². The number of aryl methyl sites for hydroxylation is 1. The van der Waals surface area contributed by atoms with Gasteiger partial charge < -0.3 is 0 Å². The molecule has 0 aliphatic carbocycles. The first-order valence-corrected chi connectivity index (χ1v) is 6.97. The Morgan fingerprint density at radius 1 is 1.21 bits per heavy atom. The summed E-state index contributed by atoms with van der Waals surface area (Å²) in [5.74, 6) is 0.920. The number of fused-ring (bicyclic) bond motifs is 1. The van der Waals surface area contributed by atoms with E-state index < -0.39 is 0 Å². The van der Waals surface area contributed by atoms with Crippen LogP contribution in [0.4, 0.5) is 0 Å². The number of hydrogen-bond donors (Lipinski definition) is 1. The molecule has 2 heterocycles. The number of aromatic nitrogens is 5. The molecule has 0 atom stereocenters. The molecule has 2 aromatic heterocycles. The lowest BCUT2D eigenvalue weighted by Gasteiger charge is -2.01. The number of hydrogen-bond acceptors (Lipinski definition) is 5. The van der Waals surface area contributed by atoms with E-state index in [2.05, 4.69) is 32.1 Å². The molecule has 0 aliphatic heterocycles. The second-order valence-corrected chi connectivity index (χ2v) is 5.07. The molecule has 0 unspecified atom stereocenters. The predicted octanol–water partition coefficient (Wildman–Crippen LogP) is 2.85. The van der Waals surface area contributed by atoms with Crippen molar-refractivity contribution in [1.29, 1.82) is 0 Å². The van der Waals surface area contributed by atoms with Crippen molar-refractivity contribution in [3.8, 4) is 0 Å². The molecule has 1 N–H and O–H groups in total. The van der Waals surface area contributed by atoms with Crippen molar-refractivity contribution in [2.45, 2.75) is 29.9 Å². The Kier molecular flexibility index (Phi) is 3.41. The maximum atomic E-state index is 4.44. The van der Waals surface area contributed by atoms with Crippen LogP contribution >= 0.6 is 11.8 Å². The summed E-state index contributed by atoms with van der Waals surface area (Å²) < 4.78 is 0. The van der Waals surface area contributed by atoms with Crippen LogP contribution in [-0.2, 0) is 6.42 Å². The molecular weight excluding hydrogens is 258 g/mol. The van der Waals surface area contributed by atoms with Gasteiger partial charge in [-0.2, -0.15) is 0 Å². The summed E-state index contributed by atoms with van der Waals surface area (Å²) in [6.45, 7) is 2.12. The molecule has 0 radical (unpaired) electrons. The van der Waals surface area contributed by atoms with Gasteiger partial charge in [-0.15, -0.1) is 5.10 Å². The Labute approximate surface area is 114 Å². The Bertz CT molecular complexity index is 689. The van der Waals surface area contributed by atoms with Crippen molar-refractivity contribution in [2.75, 3.05) is 0 Å². The lowest BCUT2D eigenvalue weighted by atomic mass is 10.2. The van der Waals surface area contributed by atoms with Crippen LogP contribution < -0.4 is 0 Å². The highest BCUT2D eigenvalue weighted by Crippen LogP contribution is 2.28. The van der Waals surface area contributed by atoms with E-state index in [1.807, 2.05) is 24.3 Å². The van der Waals surface area contributed by atoms with E-state index in [0.717, 1.165) is 34.6 Å². The number of nitrogens with zero attached hydrogens (tertiary/aromatic N) is 4. The molecule has 0 spiro atoms. The van der Waals surface area contributed by atoms with Crippen molar-refractivity contribution < 1.29 is 0 Å². The maximum absolute atomic E-state index is 4.44. The summed E-state index contributed by atoms with van der Waals surface area (Å²) in [6, 6.07) is 7.94. The summed E-state index contributed by atoms with van der Waals surface area (Å²) >= 11 is 1.46. The van der Waals surface area contributed by atoms with E-state index in [1.165, 1.54) is 11.8 Å². The normalized spacial score (nSPS) is 11.0. The average Bonchev–Trinajstić information content (AvgIpc) is 2.87. The lowest BCUT2D eigenvalue weighted by Crippen LogP contribution is -1.87. The van der Waals surface area contributed by atoms with Crippen LogP contribution in [0.15, 0.2) is 40.8 Å². The van der Waals surface area contributed by atoms with Gasteiger partial charge in [0.2, 0.25) is 5.16 Å². The number of aromatic amines is 1. The maximum Gasteiger partial charge on any atom is 0.214 e. The van der Waals surface area contributed by atoms with Crippen LogP contribution in [0.25, 0.3) is 10.9 Å². The fraction of sp³-hybridized carbons (Fsp3) is 0.231. The van der Waals surface area contributed by atoms with Crippen molar-refractivity contribution in [3.05, 3.63) is 36.4 Å². The van der Waals surface area contributed by atoms with Gasteiger partial charge in [-0.3, -0.25) is 5.10 Å². The Morgan fingerprint density at radius 3 is 3.00 bits per heavy atom. The number of para-hydroxylation sites is 1.